The lowest BCUT2D eigenvalue weighted by atomic mass is 9.71. The second-order valence-corrected chi connectivity index (χ2v) is 6.15. The van der Waals surface area contributed by atoms with Crippen LogP contribution in [0.4, 0.5) is 10.1 Å². The highest BCUT2D eigenvalue weighted by Gasteiger charge is 2.43. The van der Waals surface area contributed by atoms with Crippen LogP contribution in [0.5, 0.6) is 0 Å². The molecule has 3 nitrogen and oxygen atoms in total. The molecule has 1 aromatic carbocycles. The summed E-state index contributed by atoms with van der Waals surface area (Å²) in [4.78, 5) is 2.01. The van der Waals surface area contributed by atoms with Gasteiger partial charge < -0.3 is 15.1 Å². The first-order valence-electron chi connectivity index (χ1n) is 7.49. The minimum absolute atomic E-state index is 0.154. The van der Waals surface area contributed by atoms with Crippen molar-refractivity contribution in [3.63, 3.8) is 0 Å². The van der Waals surface area contributed by atoms with Crippen molar-refractivity contribution in [3.05, 3.63) is 29.6 Å². The maximum Gasteiger partial charge on any atom is 0.146 e. The summed E-state index contributed by atoms with van der Waals surface area (Å²) in [6.07, 6.45) is 4.81. The van der Waals surface area contributed by atoms with Crippen LogP contribution in [0.2, 0.25) is 0 Å². The SMILES string of the molecule is OCc1cccc(F)c1N1CCC2(O)CCCCC2C1. The number of anilines is 1. The van der Waals surface area contributed by atoms with Gasteiger partial charge in [0.25, 0.3) is 0 Å². The van der Waals surface area contributed by atoms with E-state index in [0.717, 1.165) is 25.7 Å². The molecule has 2 N–H and O–H groups in total. The first-order chi connectivity index (χ1) is 9.64. The summed E-state index contributed by atoms with van der Waals surface area (Å²) < 4.78 is 14.1. The Hall–Kier alpha value is -1.13. The van der Waals surface area contributed by atoms with Gasteiger partial charge in [-0.15, -0.1) is 0 Å². The molecular weight excluding hydrogens is 257 g/mol. The van der Waals surface area contributed by atoms with Gasteiger partial charge in [-0.05, 0) is 25.3 Å². The van der Waals surface area contributed by atoms with E-state index < -0.39 is 5.60 Å². The minimum atomic E-state index is -0.556. The van der Waals surface area contributed by atoms with Gasteiger partial charge >= 0.3 is 0 Å². The van der Waals surface area contributed by atoms with E-state index in [1.165, 1.54) is 6.07 Å². The molecule has 1 saturated heterocycles. The van der Waals surface area contributed by atoms with Crippen molar-refractivity contribution >= 4 is 5.69 Å². The number of para-hydroxylation sites is 1. The lowest BCUT2D eigenvalue weighted by Crippen LogP contribution is -2.53. The molecule has 0 bridgehead atoms. The third kappa shape index (κ3) is 2.31. The van der Waals surface area contributed by atoms with Gasteiger partial charge in [0.1, 0.15) is 5.82 Å². The van der Waals surface area contributed by atoms with Gasteiger partial charge in [0, 0.05) is 24.6 Å². The van der Waals surface area contributed by atoms with Gasteiger partial charge in [-0.25, -0.2) is 4.39 Å². The van der Waals surface area contributed by atoms with Crippen LogP contribution in [-0.4, -0.2) is 28.9 Å². The number of hydrogen-bond donors (Lipinski definition) is 2. The smallest absolute Gasteiger partial charge is 0.146 e. The summed E-state index contributed by atoms with van der Waals surface area (Å²) in [5, 5.41) is 20.1. The minimum Gasteiger partial charge on any atom is -0.392 e. The lowest BCUT2D eigenvalue weighted by Gasteiger charge is -2.48. The summed E-state index contributed by atoms with van der Waals surface area (Å²) in [5.74, 6) is -0.0612. The normalized spacial score (nSPS) is 30.1. The highest BCUT2D eigenvalue weighted by Crippen LogP contribution is 2.41. The quantitative estimate of drug-likeness (QED) is 0.874. The predicted octanol–water partition coefficient (Wildman–Crippen LogP) is 2.45. The van der Waals surface area contributed by atoms with Crippen molar-refractivity contribution in [2.45, 2.75) is 44.3 Å². The second kappa shape index (κ2) is 5.34. The molecule has 0 radical (unpaired) electrons. The predicted molar refractivity (Wildman–Crippen MR) is 76.1 cm³/mol. The van der Waals surface area contributed by atoms with Gasteiger partial charge in [-0.3, -0.25) is 0 Å². The van der Waals surface area contributed by atoms with Crippen molar-refractivity contribution in [2.24, 2.45) is 5.92 Å². The van der Waals surface area contributed by atoms with Crippen LogP contribution in [-0.2, 0) is 6.61 Å². The van der Waals surface area contributed by atoms with E-state index in [0.29, 0.717) is 30.8 Å². The molecule has 1 aliphatic heterocycles. The number of nitrogens with zero attached hydrogens (tertiary/aromatic N) is 1. The van der Waals surface area contributed by atoms with E-state index in [1.807, 2.05) is 4.90 Å². The topological polar surface area (TPSA) is 43.7 Å². The highest BCUT2D eigenvalue weighted by atomic mass is 19.1. The van der Waals surface area contributed by atoms with Crippen molar-refractivity contribution in [3.8, 4) is 0 Å². The zero-order chi connectivity index (χ0) is 14.2. The fraction of sp³-hybridized carbons (Fsp3) is 0.625. The molecule has 2 unspecified atom stereocenters. The van der Waals surface area contributed by atoms with Crippen LogP contribution in [0.15, 0.2) is 18.2 Å². The standard InChI is InChI=1S/C16H22FNO2/c17-14-6-3-4-12(11-19)15(14)18-9-8-16(20)7-2-1-5-13(16)10-18/h3-4,6,13,19-20H,1-2,5,7-11H2. The zero-order valence-electron chi connectivity index (χ0n) is 11.7. The van der Waals surface area contributed by atoms with Crippen molar-refractivity contribution in [2.75, 3.05) is 18.0 Å². The van der Waals surface area contributed by atoms with Crippen LogP contribution < -0.4 is 4.90 Å². The molecule has 0 aromatic heterocycles. The molecule has 0 spiro atoms. The van der Waals surface area contributed by atoms with Crippen LogP contribution in [0.3, 0.4) is 0 Å². The van der Waals surface area contributed by atoms with Crippen molar-refractivity contribution < 1.29 is 14.6 Å². The molecule has 4 heteroatoms. The van der Waals surface area contributed by atoms with Crippen LogP contribution >= 0.6 is 0 Å². The molecule has 1 heterocycles. The van der Waals surface area contributed by atoms with Gasteiger partial charge in [0.15, 0.2) is 0 Å². The number of hydrogen-bond acceptors (Lipinski definition) is 3. The average molecular weight is 279 g/mol. The third-order valence-corrected chi connectivity index (χ3v) is 4.98. The molecule has 2 aliphatic rings. The van der Waals surface area contributed by atoms with Gasteiger partial charge in [0.05, 0.1) is 17.9 Å². The van der Waals surface area contributed by atoms with Gasteiger partial charge in [-0.1, -0.05) is 25.0 Å². The van der Waals surface area contributed by atoms with E-state index >= 15 is 0 Å². The zero-order valence-corrected chi connectivity index (χ0v) is 11.7. The number of aliphatic hydroxyl groups excluding tert-OH is 1. The molecule has 20 heavy (non-hydrogen) atoms. The van der Waals surface area contributed by atoms with Crippen molar-refractivity contribution in [1.82, 2.24) is 0 Å². The molecule has 110 valence electrons. The molecular formula is C16H22FNO2. The van der Waals surface area contributed by atoms with Crippen LogP contribution in [0.25, 0.3) is 0 Å². The summed E-state index contributed by atoms with van der Waals surface area (Å²) in [6, 6.07) is 4.83. The van der Waals surface area contributed by atoms with E-state index in [4.69, 9.17) is 0 Å². The summed E-state index contributed by atoms with van der Waals surface area (Å²) in [7, 11) is 0. The Labute approximate surface area is 119 Å². The number of piperidine rings is 1. The molecule has 2 atom stereocenters. The Morgan fingerprint density at radius 2 is 2.15 bits per heavy atom. The highest BCUT2D eigenvalue weighted by molar-refractivity contribution is 5.55. The first kappa shape index (κ1) is 13.8. The Morgan fingerprint density at radius 1 is 1.30 bits per heavy atom. The Morgan fingerprint density at radius 3 is 2.95 bits per heavy atom. The largest absolute Gasteiger partial charge is 0.392 e. The maximum atomic E-state index is 14.1. The molecule has 1 saturated carbocycles. The summed E-state index contributed by atoms with van der Waals surface area (Å²) in [5.41, 5.74) is 0.591. The lowest BCUT2D eigenvalue weighted by molar-refractivity contribution is -0.0613. The van der Waals surface area contributed by atoms with Gasteiger partial charge in [0.2, 0.25) is 0 Å². The molecule has 1 aliphatic carbocycles. The van der Waals surface area contributed by atoms with Crippen molar-refractivity contribution in [1.29, 1.82) is 0 Å². The Balaban J connectivity index is 1.86. The number of benzene rings is 1. The first-order valence-corrected chi connectivity index (χ1v) is 7.49. The van der Waals surface area contributed by atoms with Gasteiger partial charge in [-0.2, -0.15) is 0 Å². The number of halogens is 1. The summed E-state index contributed by atoms with van der Waals surface area (Å²) in [6.45, 7) is 1.18. The molecule has 0 amide bonds. The molecule has 1 aromatic rings. The fourth-order valence-electron chi connectivity index (χ4n) is 3.82. The molecule has 2 fully saturated rings. The average Bonchev–Trinajstić information content (AvgIpc) is 2.46. The monoisotopic (exact) mass is 279 g/mol. The second-order valence-electron chi connectivity index (χ2n) is 6.15. The molecule has 3 rings (SSSR count). The fourth-order valence-corrected chi connectivity index (χ4v) is 3.82. The Bertz CT molecular complexity index is 493. The van der Waals surface area contributed by atoms with E-state index in [1.54, 1.807) is 12.1 Å². The van der Waals surface area contributed by atoms with Crippen LogP contribution in [0.1, 0.15) is 37.7 Å². The van der Waals surface area contributed by atoms with Crippen LogP contribution in [0, 0.1) is 11.7 Å². The number of aliphatic hydroxyl groups is 2. The van der Waals surface area contributed by atoms with E-state index in [-0.39, 0.29) is 18.3 Å². The number of fused-ring (bicyclic) bond motifs is 1. The maximum absolute atomic E-state index is 14.1. The van der Waals surface area contributed by atoms with E-state index in [9.17, 15) is 14.6 Å². The Kier molecular flexibility index (Phi) is 3.69. The van der Waals surface area contributed by atoms with E-state index in [2.05, 4.69) is 0 Å². The summed E-state index contributed by atoms with van der Waals surface area (Å²) >= 11 is 0. The third-order valence-electron chi connectivity index (χ3n) is 4.98. The number of rotatable bonds is 2.